The Hall–Kier alpha value is -2.90. The van der Waals surface area contributed by atoms with Gasteiger partial charge in [-0.25, -0.2) is 5.43 Å². The molecule has 1 amide bonds. The number of carbonyl (C=O) groups excluding carboxylic acids is 1. The number of nitrogens with one attached hydrogen (secondary N) is 2. The first-order valence-corrected chi connectivity index (χ1v) is 14.6. The molecular formula is C27H26BrIN6O2S. The van der Waals surface area contributed by atoms with Crippen molar-refractivity contribution in [1.29, 1.82) is 0 Å². The van der Waals surface area contributed by atoms with Gasteiger partial charge in [-0.1, -0.05) is 52.0 Å². The van der Waals surface area contributed by atoms with Crippen LogP contribution in [0.1, 0.15) is 29.9 Å². The molecule has 0 bridgehead atoms. The summed E-state index contributed by atoms with van der Waals surface area (Å²) in [5.41, 5.74) is 5.40. The monoisotopic (exact) mass is 704 g/mol. The van der Waals surface area contributed by atoms with Crippen LogP contribution in [0, 0.1) is 3.57 Å². The first-order chi connectivity index (χ1) is 18.4. The topological polar surface area (TPSA) is 93.4 Å². The number of aromatic nitrogens is 3. The fourth-order valence-electron chi connectivity index (χ4n) is 3.49. The van der Waals surface area contributed by atoms with Gasteiger partial charge in [-0.3, -0.25) is 4.79 Å². The van der Waals surface area contributed by atoms with Crippen LogP contribution >= 0.6 is 50.3 Å². The van der Waals surface area contributed by atoms with Gasteiger partial charge in [0.15, 0.2) is 11.0 Å². The molecule has 0 aliphatic carbocycles. The van der Waals surface area contributed by atoms with Crippen LogP contribution in [0.2, 0.25) is 0 Å². The molecule has 0 fully saturated rings. The van der Waals surface area contributed by atoms with Crippen molar-refractivity contribution in [2.24, 2.45) is 12.1 Å². The number of thioether (sulfide) groups is 1. The third-order valence-electron chi connectivity index (χ3n) is 5.44. The Morgan fingerprint density at radius 3 is 2.63 bits per heavy atom. The second kappa shape index (κ2) is 13.8. The molecule has 0 aliphatic heterocycles. The van der Waals surface area contributed by atoms with Crippen molar-refractivity contribution < 1.29 is 9.53 Å². The lowest BCUT2D eigenvalue weighted by atomic mass is 10.2. The van der Waals surface area contributed by atoms with Crippen LogP contribution in [-0.2, 0) is 18.4 Å². The summed E-state index contributed by atoms with van der Waals surface area (Å²) in [6, 6.07) is 23.6. The number of carbonyl (C=O) groups is 1. The maximum atomic E-state index is 12.4. The number of hydrazone groups is 1. The normalized spacial score (nSPS) is 11.9. The highest BCUT2D eigenvalue weighted by Crippen LogP contribution is 2.23. The van der Waals surface area contributed by atoms with Crippen LogP contribution in [0.4, 0.5) is 5.69 Å². The van der Waals surface area contributed by atoms with E-state index in [2.05, 4.69) is 64.6 Å². The van der Waals surface area contributed by atoms with Gasteiger partial charge in [-0.2, -0.15) is 5.10 Å². The maximum Gasteiger partial charge on any atom is 0.250 e. The van der Waals surface area contributed by atoms with Crippen molar-refractivity contribution in [3.8, 4) is 5.75 Å². The van der Waals surface area contributed by atoms with E-state index < -0.39 is 0 Å². The average molecular weight is 705 g/mol. The Kier molecular flexibility index (Phi) is 10.2. The molecular weight excluding hydrogens is 679 g/mol. The van der Waals surface area contributed by atoms with Crippen molar-refractivity contribution >= 4 is 68.1 Å². The summed E-state index contributed by atoms with van der Waals surface area (Å²) >= 11 is 7.02. The van der Waals surface area contributed by atoms with Crippen molar-refractivity contribution in [3.63, 3.8) is 0 Å². The fraction of sp³-hybridized carbons (Fsp3) is 0.185. The molecule has 0 spiro atoms. The molecule has 4 aromatic rings. The van der Waals surface area contributed by atoms with Gasteiger partial charge < -0.3 is 14.6 Å². The molecule has 8 nitrogen and oxygen atoms in total. The number of ether oxygens (including phenoxy) is 1. The number of amides is 1. The van der Waals surface area contributed by atoms with Crippen LogP contribution in [0.25, 0.3) is 0 Å². The smallest absolute Gasteiger partial charge is 0.250 e. The molecule has 0 radical (unpaired) electrons. The number of anilines is 1. The van der Waals surface area contributed by atoms with Crippen molar-refractivity contribution in [2.75, 3.05) is 11.1 Å². The highest BCUT2D eigenvalue weighted by Gasteiger charge is 2.16. The number of benzene rings is 3. The second-order valence-corrected chi connectivity index (χ2v) is 11.4. The Morgan fingerprint density at radius 1 is 1.13 bits per heavy atom. The second-order valence-electron chi connectivity index (χ2n) is 8.31. The summed E-state index contributed by atoms with van der Waals surface area (Å²) in [5.74, 6) is 1.38. The number of rotatable bonds is 11. The number of hydrogen-bond donors (Lipinski definition) is 2. The molecule has 1 unspecified atom stereocenters. The summed E-state index contributed by atoms with van der Waals surface area (Å²) in [7, 11) is 1.89. The van der Waals surface area contributed by atoms with E-state index in [0.29, 0.717) is 17.5 Å². The summed E-state index contributed by atoms with van der Waals surface area (Å²) < 4.78 is 10.0. The molecule has 196 valence electrons. The highest BCUT2D eigenvalue weighted by molar-refractivity contribution is 14.1. The number of nitrogens with zero attached hydrogens (tertiary/aromatic N) is 4. The third kappa shape index (κ3) is 8.05. The van der Waals surface area contributed by atoms with Gasteiger partial charge in [0, 0.05) is 26.3 Å². The van der Waals surface area contributed by atoms with Crippen LogP contribution in [0.5, 0.6) is 5.75 Å². The SMILES string of the molecule is CC(Nc1ccc(I)cc1)c1nnc(SCC(=O)NN=Cc2ccccc2OCc2ccc(Br)cc2)n1C. The third-order valence-corrected chi connectivity index (χ3v) is 7.70. The molecule has 38 heavy (non-hydrogen) atoms. The molecule has 1 heterocycles. The first kappa shape index (κ1) is 28.1. The zero-order valence-corrected chi connectivity index (χ0v) is 25.3. The standard InChI is InChI=1S/C27H26BrIN6O2S/c1-18(31-23-13-11-22(29)12-14-23)26-33-34-27(35(26)2)38-17-25(36)32-30-15-20-5-3-4-6-24(20)37-16-19-7-9-21(28)10-8-19/h3-15,18,31H,16-17H2,1-2H3,(H,32,36). The lowest BCUT2D eigenvalue weighted by Gasteiger charge is -2.14. The number of para-hydroxylation sites is 1. The first-order valence-electron chi connectivity index (χ1n) is 11.7. The molecule has 0 saturated carbocycles. The number of halogens is 2. The van der Waals surface area contributed by atoms with Gasteiger partial charge in [-0.15, -0.1) is 10.2 Å². The van der Waals surface area contributed by atoms with E-state index in [1.165, 1.54) is 15.3 Å². The van der Waals surface area contributed by atoms with E-state index in [0.717, 1.165) is 27.1 Å². The van der Waals surface area contributed by atoms with E-state index in [4.69, 9.17) is 4.74 Å². The molecule has 0 saturated heterocycles. The molecule has 0 aliphatic rings. The minimum atomic E-state index is -0.242. The Balaban J connectivity index is 1.27. The van der Waals surface area contributed by atoms with E-state index in [-0.39, 0.29) is 17.7 Å². The summed E-state index contributed by atoms with van der Waals surface area (Å²) in [5, 5.41) is 16.8. The number of hydrogen-bond acceptors (Lipinski definition) is 7. The van der Waals surface area contributed by atoms with E-state index in [1.54, 1.807) is 6.21 Å². The average Bonchev–Trinajstić information content (AvgIpc) is 3.29. The lowest BCUT2D eigenvalue weighted by Crippen LogP contribution is -2.20. The maximum absolute atomic E-state index is 12.4. The van der Waals surface area contributed by atoms with E-state index >= 15 is 0 Å². The summed E-state index contributed by atoms with van der Waals surface area (Å²) in [4.78, 5) is 12.4. The van der Waals surface area contributed by atoms with Crippen LogP contribution in [-0.4, -0.2) is 32.6 Å². The highest BCUT2D eigenvalue weighted by atomic mass is 127. The lowest BCUT2D eigenvalue weighted by molar-refractivity contribution is -0.118. The van der Waals surface area contributed by atoms with Gasteiger partial charge in [0.2, 0.25) is 0 Å². The predicted octanol–water partition coefficient (Wildman–Crippen LogP) is 6.18. The summed E-state index contributed by atoms with van der Waals surface area (Å²) in [6.45, 7) is 2.46. The van der Waals surface area contributed by atoms with Crippen LogP contribution < -0.4 is 15.5 Å². The molecule has 4 rings (SSSR count). The zero-order valence-electron chi connectivity index (χ0n) is 20.8. The van der Waals surface area contributed by atoms with Gasteiger partial charge in [-0.05, 0) is 83.6 Å². The van der Waals surface area contributed by atoms with E-state index in [9.17, 15) is 4.79 Å². The van der Waals surface area contributed by atoms with Crippen molar-refractivity contribution in [3.05, 3.63) is 97.8 Å². The Bertz CT molecular complexity index is 1400. The fourth-order valence-corrected chi connectivity index (χ4v) is 4.82. The molecule has 1 atom stereocenters. The van der Waals surface area contributed by atoms with Gasteiger partial charge >= 0.3 is 0 Å². The minimum Gasteiger partial charge on any atom is -0.488 e. The Morgan fingerprint density at radius 2 is 1.87 bits per heavy atom. The largest absolute Gasteiger partial charge is 0.488 e. The molecule has 2 N–H and O–H groups in total. The Labute approximate surface area is 247 Å². The molecule has 3 aromatic carbocycles. The molecule has 11 heteroatoms. The molecule has 1 aromatic heterocycles. The minimum absolute atomic E-state index is 0.0496. The quantitative estimate of drug-likeness (QED) is 0.0839. The van der Waals surface area contributed by atoms with Gasteiger partial charge in [0.05, 0.1) is 18.0 Å². The van der Waals surface area contributed by atoms with Gasteiger partial charge in [0.1, 0.15) is 12.4 Å². The van der Waals surface area contributed by atoms with Crippen LogP contribution in [0.15, 0.2) is 87.5 Å². The van der Waals surface area contributed by atoms with E-state index in [1.807, 2.05) is 91.3 Å². The van der Waals surface area contributed by atoms with Crippen LogP contribution in [0.3, 0.4) is 0 Å². The predicted molar refractivity (Wildman–Crippen MR) is 164 cm³/mol. The van der Waals surface area contributed by atoms with Gasteiger partial charge in [0.25, 0.3) is 5.91 Å². The zero-order chi connectivity index (χ0) is 26.9. The van der Waals surface area contributed by atoms with Crippen molar-refractivity contribution in [2.45, 2.75) is 24.7 Å². The van der Waals surface area contributed by atoms with Crippen molar-refractivity contribution in [1.82, 2.24) is 20.2 Å². The summed E-state index contributed by atoms with van der Waals surface area (Å²) in [6.07, 6.45) is 1.58.